The van der Waals surface area contributed by atoms with Crippen molar-refractivity contribution in [3.8, 4) is 39.7 Å². The van der Waals surface area contributed by atoms with Crippen LogP contribution in [0.15, 0.2) is 47.4 Å². The van der Waals surface area contributed by atoms with E-state index in [-0.39, 0.29) is 10.8 Å². The molecule has 2 N–H and O–H groups in total. The first kappa shape index (κ1) is 21.0. The third-order valence-electron chi connectivity index (χ3n) is 5.00. The molecule has 0 bridgehead atoms. The molecule has 0 aliphatic rings. The Hall–Kier alpha value is -3.23. The van der Waals surface area contributed by atoms with Crippen molar-refractivity contribution >= 4 is 11.6 Å². The van der Waals surface area contributed by atoms with Crippen LogP contribution in [-0.2, 0) is 6.54 Å². The molecule has 0 spiro atoms. The van der Waals surface area contributed by atoms with E-state index in [0.717, 1.165) is 11.3 Å². The van der Waals surface area contributed by atoms with Gasteiger partial charge in [0, 0.05) is 30.2 Å². The second-order valence-corrected chi connectivity index (χ2v) is 8.25. The van der Waals surface area contributed by atoms with Crippen molar-refractivity contribution in [3.05, 3.63) is 53.6 Å². The van der Waals surface area contributed by atoms with Crippen LogP contribution in [0, 0.1) is 6.92 Å². The molecule has 160 valence electrons. The van der Waals surface area contributed by atoms with Gasteiger partial charge in [-0.15, -0.1) is 0 Å². The molecular weight excluding hydrogens is 418 g/mol. The first-order valence-electron chi connectivity index (χ1n) is 9.76. The van der Waals surface area contributed by atoms with Crippen molar-refractivity contribution in [1.29, 1.82) is 0 Å². The highest BCUT2D eigenvalue weighted by molar-refractivity contribution is 6.34. The molecule has 3 heterocycles. The topological polar surface area (TPSA) is 110 Å². The van der Waals surface area contributed by atoms with Crippen molar-refractivity contribution < 1.29 is 14.7 Å². The van der Waals surface area contributed by atoms with Crippen LogP contribution in [0.25, 0.3) is 34.0 Å². The number of rotatable bonds is 6. The van der Waals surface area contributed by atoms with Gasteiger partial charge >= 0.3 is 0 Å². The third-order valence-corrected chi connectivity index (χ3v) is 5.40. The van der Waals surface area contributed by atoms with Crippen molar-refractivity contribution in [2.45, 2.75) is 39.3 Å². The summed E-state index contributed by atoms with van der Waals surface area (Å²) in [7, 11) is 0. The maximum absolute atomic E-state index is 10.1. The van der Waals surface area contributed by atoms with Gasteiger partial charge in [0.05, 0.1) is 27.9 Å². The fourth-order valence-electron chi connectivity index (χ4n) is 3.27. The number of aryl methyl sites for hydroxylation is 1. The molecule has 0 radical (unpaired) electrons. The first-order valence-corrected chi connectivity index (χ1v) is 10.1. The van der Waals surface area contributed by atoms with Crippen LogP contribution in [0.1, 0.15) is 26.0 Å². The van der Waals surface area contributed by atoms with Gasteiger partial charge in [-0.1, -0.05) is 28.9 Å². The van der Waals surface area contributed by atoms with E-state index < -0.39 is 5.60 Å². The van der Waals surface area contributed by atoms with Gasteiger partial charge in [-0.3, -0.25) is 4.68 Å². The van der Waals surface area contributed by atoms with E-state index in [0.29, 0.717) is 41.4 Å². The van der Waals surface area contributed by atoms with Gasteiger partial charge < -0.3 is 14.7 Å². The maximum Gasteiger partial charge on any atom is 0.181 e. The number of aromatic nitrogens is 5. The van der Waals surface area contributed by atoms with Crippen LogP contribution in [0.5, 0.6) is 5.75 Å². The Morgan fingerprint density at radius 3 is 2.58 bits per heavy atom. The molecule has 9 heteroatoms. The first-order chi connectivity index (χ1) is 14.8. The molecule has 8 nitrogen and oxygen atoms in total. The van der Waals surface area contributed by atoms with Crippen molar-refractivity contribution in [1.82, 2.24) is 24.9 Å². The highest BCUT2D eigenvalue weighted by Gasteiger charge is 2.27. The average Bonchev–Trinajstić information content (AvgIpc) is 3.32. The second kappa shape index (κ2) is 8.13. The normalized spacial score (nSPS) is 11.8. The van der Waals surface area contributed by atoms with Gasteiger partial charge in [0.25, 0.3) is 0 Å². The molecule has 31 heavy (non-hydrogen) atoms. The number of aliphatic hydroxyl groups is 1. The molecule has 4 rings (SSSR count). The van der Waals surface area contributed by atoms with Gasteiger partial charge in [-0.05, 0) is 39.3 Å². The van der Waals surface area contributed by atoms with Crippen molar-refractivity contribution in [2.24, 2.45) is 0 Å². The molecule has 0 saturated heterocycles. The second-order valence-electron chi connectivity index (χ2n) is 7.88. The Kier molecular flexibility index (Phi) is 5.51. The summed E-state index contributed by atoms with van der Waals surface area (Å²) in [4.78, 5) is 8.75. The highest BCUT2D eigenvalue weighted by Crippen LogP contribution is 2.43. The van der Waals surface area contributed by atoms with Crippen LogP contribution in [0.2, 0.25) is 5.02 Å². The molecular formula is C22H22ClN5O3. The fourth-order valence-corrected chi connectivity index (χ4v) is 3.49. The standard InChI is InChI=1S/C22H22ClN5O3/c1-13-15(12-26-28(13)11-8-22(2,3)30)20-17(21-24-9-5-10-25-21)19(27-31-20)14-6-4-7-16(29)18(14)23/h4-7,9-10,12,29-30H,8,11H2,1-3H3. The minimum absolute atomic E-state index is 0.0562. The zero-order valence-electron chi connectivity index (χ0n) is 17.4. The molecule has 0 aliphatic heterocycles. The SMILES string of the molecule is Cc1c(-c2onc(-c3cccc(O)c3Cl)c2-c2ncccn2)cnn1CCC(C)(C)O. The highest BCUT2D eigenvalue weighted by atomic mass is 35.5. The number of benzene rings is 1. The molecule has 4 aromatic rings. The van der Waals surface area contributed by atoms with Gasteiger partial charge in [-0.25, -0.2) is 9.97 Å². The number of hydrogen-bond donors (Lipinski definition) is 2. The predicted octanol–water partition coefficient (Wildman–Crippen LogP) is 4.49. The molecule has 1 aromatic carbocycles. The summed E-state index contributed by atoms with van der Waals surface area (Å²) in [5.74, 6) is 0.809. The summed E-state index contributed by atoms with van der Waals surface area (Å²) in [5.41, 5.74) is 2.27. The number of aromatic hydroxyl groups is 1. The fraction of sp³-hybridized carbons (Fsp3) is 0.273. The minimum atomic E-state index is -0.799. The van der Waals surface area contributed by atoms with Crippen molar-refractivity contribution in [3.63, 3.8) is 0 Å². The average molecular weight is 440 g/mol. The van der Waals surface area contributed by atoms with E-state index in [1.165, 1.54) is 6.07 Å². The number of nitrogens with zero attached hydrogens (tertiary/aromatic N) is 5. The summed E-state index contributed by atoms with van der Waals surface area (Å²) in [6.07, 6.45) is 5.50. The van der Waals surface area contributed by atoms with Gasteiger partial charge in [0.1, 0.15) is 11.4 Å². The lowest BCUT2D eigenvalue weighted by molar-refractivity contribution is 0.0649. The molecule has 0 atom stereocenters. The third kappa shape index (κ3) is 4.17. The van der Waals surface area contributed by atoms with Gasteiger partial charge in [-0.2, -0.15) is 5.10 Å². The Balaban J connectivity index is 1.86. The minimum Gasteiger partial charge on any atom is -0.506 e. The van der Waals surface area contributed by atoms with E-state index in [1.807, 2.05) is 11.6 Å². The number of phenolic OH excluding ortho intramolecular Hbond substituents is 1. The number of hydrogen-bond acceptors (Lipinski definition) is 7. The molecule has 0 saturated carbocycles. The Morgan fingerprint density at radius 1 is 1.13 bits per heavy atom. The van der Waals surface area contributed by atoms with Crippen LogP contribution >= 0.6 is 11.6 Å². The summed E-state index contributed by atoms with van der Waals surface area (Å²) >= 11 is 6.35. The summed E-state index contributed by atoms with van der Waals surface area (Å²) in [6, 6.07) is 6.65. The predicted molar refractivity (Wildman–Crippen MR) is 117 cm³/mol. The van der Waals surface area contributed by atoms with E-state index in [1.54, 1.807) is 50.6 Å². The molecule has 0 unspecified atom stereocenters. The van der Waals surface area contributed by atoms with E-state index >= 15 is 0 Å². The molecule has 0 fully saturated rings. The van der Waals surface area contributed by atoms with Crippen molar-refractivity contribution in [2.75, 3.05) is 0 Å². The van der Waals surface area contributed by atoms with Crippen LogP contribution in [0.3, 0.4) is 0 Å². The Bertz CT molecular complexity index is 1210. The number of halogens is 1. The largest absolute Gasteiger partial charge is 0.506 e. The lowest BCUT2D eigenvalue weighted by Crippen LogP contribution is -2.21. The zero-order chi connectivity index (χ0) is 22.2. The van der Waals surface area contributed by atoms with Crippen LogP contribution < -0.4 is 0 Å². The molecule has 3 aromatic heterocycles. The zero-order valence-corrected chi connectivity index (χ0v) is 18.1. The monoisotopic (exact) mass is 439 g/mol. The molecule has 0 aliphatic carbocycles. The quantitative estimate of drug-likeness (QED) is 0.455. The van der Waals surface area contributed by atoms with E-state index in [4.69, 9.17) is 16.1 Å². The lowest BCUT2D eigenvalue weighted by Gasteiger charge is -2.17. The summed E-state index contributed by atoms with van der Waals surface area (Å²) < 4.78 is 7.56. The van der Waals surface area contributed by atoms with E-state index in [2.05, 4.69) is 20.2 Å². The smallest absolute Gasteiger partial charge is 0.181 e. The van der Waals surface area contributed by atoms with Crippen LogP contribution in [-0.4, -0.2) is 40.7 Å². The van der Waals surface area contributed by atoms with Crippen LogP contribution in [0.4, 0.5) is 0 Å². The number of phenols is 1. The maximum atomic E-state index is 10.1. The lowest BCUT2D eigenvalue weighted by atomic mass is 10.0. The summed E-state index contributed by atoms with van der Waals surface area (Å²) in [5, 5.41) is 29.0. The Labute approximate surface area is 184 Å². The summed E-state index contributed by atoms with van der Waals surface area (Å²) in [6.45, 7) is 6.00. The van der Waals surface area contributed by atoms with Gasteiger partial charge in [0.2, 0.25) is 0 Å². The van der Waals surface area contributed by atoms with Gasteiger partial charge in [0.15, 0.2) is 11.6 Å². The molecule has 0 amide bonds. The Morgan fingerprint density at radius 2 is 1.87 bits per heavy atom. The van der Waals surface area contributed by atoms with E-state index in [9.17, 15) is 10.2 Å².